The third-order valence-corrected chi connectivity index (χ3v) is 5.16. The van der Waals surface area contributed by atoms with Gasteiger partial charge in [0.05, 0.1) is 35.1 Å². The molecule has 7 nitrogen and oxygen atoms in total. The monoisotopic (exact) mass is 421 g/mol. The van der Waals surface area contributed by atoms with Crippen LogP contribution >= 0.6 is 0 Å². The smallest absolute Gasteiger partial charge is 0.256 e. The minimum atomic E-state index is -0.348. The van der Waals surface area contributed by atoms with Gasteiger partial charge >= 0.3 is 0 Å². The number of nitrogens with one attached hydrogen (secondary N) is 1. The number of aromatic nitrogens is 4. The van der Waals surface area contributed by atoms with Crippen molar-refractivity contribution in [3.05, 3.63) is 103 Å². The maximum Gasteiger partial charge on any atom is 0.256 e. The van der Waals surface area contributed by atoms with Crippen LogP contribution in [0.1, 0.15) is 15.9 Å². The number of carbonyl (C=O) groups is 1. The minimum Gasteiger partial charge on any atom is -0.506 e. The Bertz CT molecular complexity index is 1400. The Balaban J connectivity index is 1.62. The Morgan fingerprint density at radius 3 is 2.50 bits per heavy atom. The van der Waals surface area contributed by atoms with Gasteiger partial charge in [0.2, 0.25) is 0 Å². The zero-order valence-electron chi connectivity index (χ0n) is 17.0. The third kappa shape index (κ3) is 3.79. The molecule has 0 spiro atoms. The van der Waals surface area contributed by atoms with E-state index in [-0.39, 0.29) is 11.7 Å². The molecule has 0 saturated carbocycles. The molecule has 0 aliphatic heterocycles. The number of rotatable bonds is 5. The van der Waals surface area contributed by atoms with Crippen LogP contribution in [0.3, 0.4) is 0 Å². The summed E-state index contributed by atoms with van der Waals surface area (Å²) in [5.41, 5.74) is 3.95. The molecule has 32 heavy (non-hydrogen) atoms. The zero-order chi connectivity index (χ0) is 21.9. The highest BCUT2D eigenvalue weighted by Gasteiger charge is 2.18. The molecule has 156 valence electrons. The van der Waals surface area contributed by atoms with E-state index in [0.29, 0.717) is 34.5 Å². The number of benzene rings is 2. The van der Waals surface area contributed by atoms with Crippen LogP contribution in [-0.4, -0.2) is 30.8 Å². The summed E-state index contributed by atoms with van der Waals surface area (Å²) in [6, 6.07) is 21.9. The molecule has 3 heterocycles. The van der Waals surface area contributed by atoms with Gasteiger partial charge in [-0.3, -0.25) is 9.78 Å². The van der Waals surface area contributed by atoms with Gasteiger partial charge in [-0.2, -0.15) is 5.10 Å². The van der Waals surface area contributed by atoms with Crippen molar-refractivity contribution in [2.75, 3.05) is 5.32 Å². The molecule has 7 heteroatoms. The van der Waals surface area contributed by atoms with E-state index in [1.54, 1.807) is 47.5 Å². The van der Waals surface area contributed by atoms with Crippen LogP contribution in [0.2, 0.25) is 0 Å². The summed E-state index contributed by atoms with van der Waals surface area (Å²) in [5, 5.41) is 18.0. The van der Waals surface area contributed by atoms with Crippen LogP contribution in [0.15, 0.2) is 91.4 Å². The van der Waals surface area contributed by atoms with Crippen molar-refractivity contribution >= 4 is 22.6 Å². The van der Waals surface area contributed by atoms with Gasteiger partial charge in [0, 0.05) is 18.0 Å². The molecule has 2 N–H and O–H groups in total. The number of hydrogen-bond donors (Lipinski definition) is 2. The van der Waals surface area contributed by atoms with E-state index in [4.69, 9.17) is 4.98 Å². The number of aromatic hydroxyl groups is 1. The van der Waals surface area contributed by atoms with Crippen LogP contribution in [0.25, 0.3) is 22.3 Å². The highest BCUT2D eigenvalue weighted by molar-refractivity contribution is 6.13. The van der Waals surface area contributed by atoms with Crippen molar-refractivity contribution in [1.82, 2.24) is 19.7 Å². The van der Waals surface area contributed by atoms with E-state index in [9.17, 15) is 9.90 Å². The number of hydrogen-bond acceptors (Lipinski definition) is 5. The predicted octanol–water partition coefficient (Wildman–Crippen LogP) is 4.50. The number of carbonyl (C=O) groups excluding carboxylic acids is 1. The van der Waals surface area contributed by atoms with E-state index in [2.05, 4.69) is 15.4 Å². The number of amides is 1. The first-order chi connectivity index (χ1) is 15.7. The fourth-order valence-corrected chi connectivity index (χ4v) is 3.54. The second-order valence-electron chi connectivity index (χ2n) is 7.29. The summed E-state index contributed by atoms with van der Waals surface area (Å²) >= 11 is 0. The van der Waals surface area contributed by atoms with Crippen LogP contribution in [-0.2, 0) is 6.54 Å². The van der Waals surface area contributed by atoms with Gasteiger partial charge in [0.1, 0.15) is 5.75 Å². The summed E-state index contributed by atoms with van der Waals surface area (Å²) in [6.07, 6.45) is 5.11. The van der Waals surface area contributed by atoms with E-state index in [1.165, 1.54) is 6.07 Å². The lowest BCUT2D eigenvalue weighted by Crippen LogP contribution is -2.13. The summed E-state index contributed by atoms with van der Waals surface area (Å²) in [6.45, 7) is 0.498. The molecule has 0 fully saturated rings. The van der Waals surface area contributed by atoms with E-state index < -0.39 is 0 Å². The van der Waals surface area contributed by atoms with Gasteiger partial charge in [-0.1, -0.05) is 42.5 Å². The molecule has 0 bridgehead atoms. The van der Waals surface area contributed by atoms with Gasteiger partial charge in [0.15, 0.2) is 5.65 Å². The zero-order valence-corrected chi connectivity index (χ0v) is 17.0. The van der Waals surface area contributed by atoms with Gasteiger partial charge in [-0.05, 0) is 35.9 Å². The van der Waals surface area contributed by atoms with E-state index in [1.807, 2.05) is 42.5 Å². The van der Waals surface area contributed by atoms with E-state index in [0.717, 1.165) is 11.1 Å². The lowest BCUT2D eigenvalue weighted by Gasteiger charge is -2.11. The molecule has 1 amide bonds. The van der Waals surface area contributed by atoms with Crippen molar-refractivity contribution in [3.8, 4) is 17.0 Å². The number of para-hydroxylation sites is 2. The Kier molecular flexibility index (Phi) is 5.05. The maximum absolute atomic E-state index is 13.2. The molecule has 3 aromatic heterocycles. The lowest BCUT2D eigenvalue weighted by atomic mass is 10.1. The van der Waals surface area contributed by atoms with Crippen LogP contribution in [0, 0.1) is 0 Å². The summed E-state index contributed by atoms with van der Waals surface area (Å²) in [5.74, 6) is -0.345. The first-order valence-electron chi connectivity index (χ1n) is 10.1. The Morgan fingerprint density at radius 1 is 0.969 bits per heavy atom. The van der Waals surface area contributed by atoms with Crippen molar-refractivity contribution in [3.63, 3.8) is 0 Å². The third-order valence-electron chi connectivity index (χ3n) is 5.16. The number of phenolic OH excluding ortho intramolecular Hbond substituents is 1. The van der Waals surface area contributed by atoms with Gasteiger partial charge < -0.3 is 10.4 Å². The largest absolute Gasteiger partial charge is 0.506 e. The van der Waals surface area contributed by atoms with Crippen LogP contribution < -0.4 is 5.32 Å². The first-order valence-corrected chi connectivity index (χ1v) is 10.1. The van der Waals surface area contributed by atoms with Crippen molar-refractivity contribution in [2.45, 2.75) is 6.54 Å². The topological polar surface area (TPSA) is 92.9 Å². The molecule has 0 aliphatic carbocycles. The fraction of sp³-hybridized carbons (Fsp3) is 0.0400. The second-order valence-corrected chi connectivity index (χ2v) is 7.29. The SMILES string of the molecule is O=C(Nc1ccccc1O)c1cc(-c2ccccc2)nc2c1cnn2Cc1ccncc1. The summed E-state index contributed by atoms with van der Waals surface area (Å²) < 4.78 is 1.77. The van der Waals surface area contributed by atoms with Crippen molar-refractivity contribution < 1.29 is 9.90 Å². The number of phenols is 1. The minimum absolute atomic E-state index is 0.00261. The number of nitrogens with zero attached hydrogens (tertiary/aromatic N) is 4. The normalized spacial score (nSPS) is 10.9. The van der Waals surface area contributed by atoms with Gasteiger partial charge in [-0.25, -0.2) is 9.67 Å². The standard InChI is InChI=1S/C25H19N5O2/c31-23-9-5-4-8-21(23)29-25(32)19-14-22(18-6-2-1-3-7-18)28-24-20(19)15-27-30(24)16-17-10-12-26-13-11-17/h1-15,31H,16H2,(H,29,32). The highest BCUT2D eigenvalue weighted by Crippen LogP contribution is 2.28. The molecule has 0 radical (unpaired) electrons. The molecule has 0 aliphatic rings. The number of anilines is 1. The lowest BCUT2D eigenvalue weighted by molar-refractivity contribution is 0.102. The van der Waals surface area contributed by atoms with Gasteiger partial charge in [-0.15, -0.1) is 0 Å². The average Bonchev–Trinajstić information content (AvgIpc) is 3.23. The molecule has 5 aromatic rings. The van der Waals surface area contributed by atoms with Crippen LogP contribution in [0.4, 0.5) is 5.69 Å². The molecule has 0 unspecified atom stereocenters. The fourth-order valence-electron chi connectivity index (χ4n) is 3.54. The Morgan fingerprint density at radius 2 is 1.72 bits per heavy atom. The molecule has 5 rings (SSSR count). The van der Waals surface area contributed by atoms with Crippen molar-refractivity contribution in [1.29, 1.82) is 0 Å². The number of pyridine rings is 2. The van der Waals surface area contributed by atoms with Crippen LogP contribution in [0.5, 0.6) is 5.75 Å². The molecule has 2 aromatic carbocycles. The first kappa shape index (κ1) is 19.4. The maximum atomic E-state index is 13.2. The second kappa shape index (κ2) is 8.31. The Hall–Kier alpha value is -4.52. The van der Waals surface area contributed by atoms with E-state index >= 15 is 0 Å². The van der Waals surface area contributed by atoms with Crippen molar-refractivity contribution in [2.24, 2.45) is 0 Å². The van der Waals surface area contributed by atoms with Gasteiger partial charge in [0.25, 0.3) is 5.91 Å². The molecule has 0 saturated heterocycles. The summed E-state index contributed by atoms with van der Waals surface area (Å²) in [7, 11) is 0. The number of fused-ring (bicyclic) bond motifs is 1. The summed E-state index contributed by atoms with van der Waals surface area (Å²) in [4.78, 5) is 22.1. The quantitative estimate of drug-likeness (QED) is 0.408. The Labute approximate surface area is 184 Å². The molecular weight excluding hydrogens is 402 g/mol. The predicted molar refractivity (Wildman–Crippen MR) is 122 cm³/mol. The molecule has 0 atom stereocenters. The average molecular weight is 421 g/mol. The molecular formula is C25H19N5O2. The highest BCUT2D eigenvalue weighted by atomic mass is 16.3.